The monoisotopic (exact) mass is 536 g/mol. The highest BCUT2D eigenvalue weighted by atomic mass is 16.3. The van der Waals surface area contributed by atoms with Crippen LogP contribution in [0.2, 0.25) is 0 Å². The Bertz CT molecular complexity index is 1690. The largest absolute Gasteiger partial charge is 0.449 e. The number of furan rings is 1. The van der Waals surface area contributed by atoms with Crippen molar-refractivity contribution in [1.29, 1.82) is 0 Å². The normalized spacial score (nSPS) is 13.3. The molecule has 0 bridgehead atoms. The maximum atomic E-state index is 13.2. The molecule has 2 N–H and O–H groups in total. The van der Waals surface area contributed by atoms with Crippen LogP contribution in [0.1, 0.15) is 40.2 Å². The van der Waals surface area contributed by atoms with Crippen LogP contribution in [0, 0.1) is 0 Å². The molecule has 1 fully saturated rings. The van der Waals surface area contributed by atoms with E-state index in [9.17, 15) is 14.4 Å². The van der Waals surface area contributed by atoms with Crippen molar-refractivity contribution in [3.8, 4) is 0 Å². The van der Waals surface area contributed by atoms with E-state index < -0.39 is 0 Å². The third kappa shape index (κ3) is 4.93. The number of para-hydroxylation sites is 1. The molecule has 0 unspecified atom stereocenters. The number of carbonyl (C=O) groups excluding carboxylic acids is 3. The number of benzene rings is 3. The molecule has 3 amide bonds. The van der Waals surface area contributed by atoms with E-state index >= 15 is 0 Å². The topological polar surface area (TPSA) is 103 Å². The second kappa shape index (κ2) is 10.7. The van der Waals surface area contributed by atoms with Crippen LogP contribution in [0.3, 0.4) is 0 Å². The molecule has 0 spiro atoms. The molecule has 3 heterocycles. The second-order valence-corrected chi connectivity index (χ2v) is 10.00. The number of anilines is 2. The number of rotatable bonds is 8. The van der Waals surface area contributed by atoms with Crippen LogP contribution in [-0.4, -0.2) is 47.7 Å². The van der Waals surface area contributed by atoms with Crippen molar-refractivity contribution in [3.05, 3.63) is 90.2 Å². The van der Waals surface area contributed by atoms with E-state index in [1.54, 1.807) is 30.1 Å². The maximum Gasteiger partial charge on any atom is 0.363 e. The minimum absolute atomic E-state index is 0.118. The summed E-state index contributed by atoms with van der Waals surface area (Å²) >= 11 is 0. The average molecular weight is 537 g/mol. The summed E-state index contributed by atoms with van der Waals surface area (Å²) in [5.41, 5.74) is 3.59. The minimum Gasteiger partial charge on any atom is -0.449 e. The molecule has 9 heteroatoms. The number of fused-ring (bicyclic) bond motifs is 2. The first-order valence-corrected chi connectivity index (χ1v) is 13.4. The van der Waals surface area contributed by atoms with Gasteiger partial charge in [-0.05, 0) is 49.2 Å². The molecule has 0 saturated carbocycles. The lowest BCUT2D eigenvalue weighted by Crippen LogP contribution is -2.39. The van der Waals surface area contributed by atoms with Crippen molar-refractivity contribution in [2.24, 2.45) is 0 Å². The van der Waals surface area contributed by atoms with Gasteiger partial charge >= 0.3 is 11.9 Å². The van der Waals surface area contributed by atoms with Gasteiger partial charge in [0.2, 0.25) is 11.7 Å². The Morgan fingerprint density at radius 3 is 2.62 bits per heavy atom. The number of aromatic nitrogens is 2. The number of aromatic amines is 1. The second-order valence-electron chi connectivity index (χ2n) is 10.00. The van der Waals surface area contributed by atoms with E-state index in [2.05, 4.69) is 10.3 Å². The number of H-pyrrole nitrogens is 1. The average Bonchev–Trinajstić information content (AvgIpc) is 3.69. The molecular formula is C31H30N5O4+. The zero-order chi connectivity index (χ0) is 27.6. The first kappa shape index (κ1) is 25.4. The third-order valence-corrected chi connectivity index (χ3v) is 7.37. The zero-order valence-electron chi connectivity index (χ0n) is 22.2. The first-order chi connectivity index (χ1) is 19.5. The Morgan fingerprint density at radius 2 is 1.85 bits per heavy atom. The molecule has 3 aromatic carbocycles. The Kier molecular flexibility index (Phi) is 6.77. The lowest BCUT2D eigenvalue weighted by molar-refractivity contribution is -0.657. The Balaban J connectivity index is 1.29. The fourth-order valence-electron chi connectivity index (χ4n) is 5.23. The van der Waals surface area contributed by atoms with Gasteiger partial charge in [-0.1, -0.05) is 36.4 Å². The first-order valence-electron chi connectivity index (χ1n) is 13.4. The number of carbonyl (C=O) groups is 3. The highest BCUT2D eigenvalue weighted by molar-refractivity contribution is 6.06. The van der Waals surface area contributed by atoms with Gasteiger partial charge < -0.3 is 14.2 Å². The molecule has 6 rings (SSSR count). The van der Waals surface area contributed by atoms with E-state index in [4.69, 9.17) is 4.42 Å². The Hall–Kier alpha value is -4.92. The van der Waals surface area contributed by atoms with E-state index in [0.29, 0.717) is 42.3 Å². The van der Waals surface area contributed by atoms with Crippen LogP contribution >= 0.6 is 0 Å². The lowest BCUT2D eigenvalue weighted by Gasteiger charge is -2.17. The van der Waals surface area contributed by atoms with Crippen molar-refractivity contribution in [3.63, 3.8) is 0 Å². The van der Waals surface area contributed by atoms with E-state index in [0.717, 1.165) is 35.8 Å². The molecule has 202 valence electrons. The van der Waals surface area contributed by atoms with Crippen LogP contribution in [0.5, 0.6) is 0 Å². The van der Waals surface area contributed by atoms with Crippen LogP contribution in [-0.2, 0) is 11.3 Å². The van der Waals surface area contributed by atoms with E-state index in [1.165, 1.54) is 0 Å². The Morgan fingerprint density at radius 1 is 1.05 bits per heavy atom. The van der Waals surface area contributed by atoms with Gasteiger partial charge in [0.25, 0.3) is 5.91 Å². The predicted molar refractivity (Wildman–Crippen MR) is 152 cm³/mol. The third-order valence-electron chi connectivity index (χ3n) is 7.37. The SMILES string of the molecule is CN(C(=O)c1ccccc1)c1ccc2c(c1)[nH]c(NC(=O)c1cc3ccccc3o1)[n+]2CCCN1CCCC1=O. The van der Waals surface area contributed by atoms with Crippen molar-refractivity contribution < 1.29 is 23.4 Å². The number of hydrogen-bond acceptors (Lipinski definition) is 4. The number of imidazole rings is 1. The molecular weight excluding hydrogens is 506 g/mol. The van der Waals surface area contributed by atoms with Gasteiger partial charge in [0.15, 0.2) is 0 Å². The number of hydrogen-bond donors (Lipinski definition) is 2. The standard InChI is InChI=1S/C31H29N5O4/c1-34(30(39)21-9-3-2-4-10-21)23-14-15-25-24(20-23)32-31(36(25)18-8-17-35-16-7-13-28(35)37)33-29(38)27-19-22-11-5-6-12-26(22)40-27/h2-6,9-12,14-15,19-20H,7-8,13,16-18H2,1H3,(H,32,33,38)/p+1. The van der Waals surface area contributed by atoms with Crippen LogP contribution in [0.4, 0.5) is 11.6 Å². The molecule has 40 heavy (non-hydrogen) atoms. The summed E-state index contributed by atoms with van der Waals surface area (Å²) in [6, 6.07) is 24.1. The summed E-state index contributed by atoms with van der Waals surface area (Å²) in [6.07, 6.45) is 2.23. The van der Waals surface area contributed by atoms with Gasteiger partial charge in [0.1, 0.15) is 16.6 Å². The summed E-state index contributed by atoms with van der Waals surface area (Å²) in [6.45, 7) is 2.03. The highest BCUT2D eigenvalue weighted by Crippen LogP contribution is 2.24. The molecule has 5 aromatic rings. The van der Waals surface area contributed by atoms with Gasteiger partial charge in [-0.15, -0.1) is 0 Å². The molecule has 9 nitrogen and oxygen atoms in total. The number of likely N-dealkylation sites (tertiary alicyclic amines) is 1. The highest BCUT2D eigenvalue weighted by Gasteiger charge is 2.25. The van der Waals surface area contributed by atoms with Gasteiger partial charge in [-0.2, -0.15) is 0 Å². The number of nitrogens with one attached hydrogen (secondary N) is 2. The van der Waals surface area contributed by atoms with Gasteiger partial charge in [0, 0.05) is 49.3 Å². The predicted octanol–water partition coefficient (Wildman–Crippen LogP) is 4.74. The minimum atomic E-state index is -0.372. The van der Waals surface area contributed by atoms with Gasteiger partial charge in [-0.25, -0.2) is 19.7 Å². The van der Waals surface area contributed by atoms with Crippen LogP contribution in [0.15, 0.2) is 83.3 Å². The molecule has 0 aliphatic carbocycles. The summed E-state index contributed by atoms with van der Waals surface area (Å²) in [5, 5.41) is 3.83. The maximum absolute atomic E-state index is 13.2. The summed E-state index contributed by atoms with van der Waals surface area (Å²) in [5.74, 6) is 0.416. The molecule has 1 saturated heterocycles. The zero-order valence-corrected chi connectivity index (χ0v) is 22.2. The fraction of sp³-hybridized carbons (Fsp3) is 0.226. The Labute approximate surface area is 231 Å². The van der Waals surface area contributed by atoms with Crippen molar-refractivity contribution in [2.45, 2.75) is 25.8 Å². The number of amides is 3. The summed E-state index contributed by atoms with van der Waals surface area (Å²) < 4.78 is 7.77. The molecule has 0 radical (unpaired) electrons. The molecule has 1 aliphatic rings. The van der Waals surface area contributed by atoms with Gasteiger partial charge in [0.05, 0.1) is 6.54 Å². The van der Waals surface area contributed by atoms with Crippen LogP contribution < -0.4 is 14.8 Å². The fourth-order valence-corrected chi connectivity index (χ4v) is 5.23. The quantitative estimate of drug-likeness (QED) is 0.280. The molecule has 1 aliphatic heterocycles. The molecule has 0 atom stereocenters. The van der Waals surface area contributed by atoms with E-state index in [1.807, 2.05) is 70.1 Å². The summed E-state index contributed by atoms with van der Waals surface area (Å²) in [4.78, 5) is 45.2. The number of nitrogens with zero attached hydrogens (tertiary/aromatic N) is 3. The van der Waals surface area contributed by atoms with E-state index in [-0.39, 0.29) is 23.5 Å². The van der Waals surface area contributed by atoms with Gasteiger partial charge in [-0.3, -0.25) is 9.59 Å². The number of aryl methyl sites for hydroxylation is 1. The summed E-state index contributed by atoms with van der Waals surface area (Å²) in [7, 11) is 1.74. The lowest BCUT2D eigenvalue weighted by atomic mass is 10.2. The van der Waals surface area contributed by atoms with Crippen molar-refractivity contribution in [2.75, 3.05) is 30.4 Å². The smallest absolute Gasteiger partial charge is 0.363 e. The van der Waals surface area contributed by atoms with Crippen LogP contribution in [0.25, 0.3) is 22.0 Å². The molecule has 2 aromatic heterocycles. The van der Waals surface area contributed by atoms with Crippen molar-refractivity contribution in [1.82, 2.24) is 9.88 Å². The van der Waals surface area contributed by atoms with Crippen molar-refractivity contribution >= 4 is 51.4 Å².